The van der Waals surface area contributed by atoms with E-state index in [9.17, 15) is 9.50 Å². The molecule has 18 heavy (non-hydrogen) atoms. The van der Waals surface area contributed by atoms with Crippen molar-refractivity contribution in [2.45, 2.75) is 6.92 Å². The molecule has 1 aromatic carbocycles. The van der Waals surface area contributed by atoms with Gasteiger partial charge >= 0.3 is 0 Å². The number of hydrogen-bond acceptors (Lipinski definition) is 2. The quantitative estimate of drug-likeness (QED) is 0.913. The minimum atomic E-state index is -0.221. The van der Waals surface area contributed by atoms with Gasteiger partial charge in [0.25, 0.3) is 0 Å². The van der Waals surface area contributed by atoms with Gasteiger partial charge in [-0.1, -0.05) is 25.1 Å². The lowest BCUT2D eigenvalue weighted by molar-refractivity contribution is 0.198. The SMILES string of the molecule is CCN1CC=C(c2ccc(F)cc2)C(CO)C1.Cl. The van der Waals surface area contributed by atoms with Crippen molar-refractivity contribution in [3.63, 3.8) is 0 Å². The summed E-state index contributed by atoms with van der Waals surface area (Å²) in [6.45, 7) is 5.02. The Kier molecular flexibility index (Phi) is 5.79. The van der Waals surface area contributed by atoms with Crippen molar-refractivity contribution in [2.75, 3.05) is 26.2 Å². The summed E-state index contributed by atoms with van der Waals surface area (Å²) in [7, 11) is 0. The monoisotopic (exact) mass is 271 g/mol. The van der Waals surface area contributed by atoms with Gasteiger partial charge in [-0.25, -0.2) is 4.39 Å². The van der Waals surface area contributed by atoms with E-state index in [1.807, 2.05) is 0 Å². The van der Waals surface area contributed by atoms with E-state index in [2.05, 4.69) is 17.9 Å². The highest BCUT2D eigenvalue weighted by atomic mass is 35.5. The maximum Gasteiger partial charge on any atom is 0.123 e. The van der Waals surface area contributed by atoms with Crippen molar-refractivity contribution >= 4 is 18.0 Å². The van der Waals surface area contributed by atoms with E-state index >= 15 is 0 Å². The third-order valence-corrected chi connectivity index (χ3v) is 3.33. The standard InChI is InChI=1S/C14H18FNO.ClH/c1-2-16-8-7-14(12(9-16)10-17)11-3-5-13(15)6-4-11;/h3-7,12,17H,2,8-10H2,1H3;1H. The molecule has 2 nitrogen and oxygen atoms in total. The largest absolute Gasteiger partial charge is 0.396 e. The molecule has 0 aliphatic carbocycles. The lowest BCUT2D eigenvalue weighted by atomic mass is 9.89. The molecule has 1 N–H and O–H groups in total. The Morgan fingerprint density at radius 2 is 2.00 bits per heavy atom. The van der Waals surface area contributed by atoms with Crippen molar-refractivity contribution in [2.24, 2.45) is 5.92 Å². The van der Waals surface area contributed by atoms with Crippen LogP contribution in [0.25, 0.3) is 5.57 Å². The van der Waals surface area contributed by atoms with Crippen LogP contribution >= 0.6 is 12.4 Å². The zero-order valence-electron chi connectivity index (χ0n) is 10.5. The third kappa shape index (κ3) is 3.31. The first-order valence-electron chi connectivity index (χ1n) is 6.03. The highest BCUT2D eigenvalue weighted by Crippen LogP contribution is 2.27. The van der Waals surface area contributed by atoms with Crippen molar-refractivity contribution in [3.05, 3.63) is 41.7 Å². The molecule has 1 aromatic rings. The van der Waals surface area contributed by atoms with Gasteiger partial charge in [0, 0.05) is 19.0 Å². The van der Waals surface area contributed by atoms with Gasteiger partial charge in [0.1, 0.15) is 5.82 Å². The number of halogens is 2. The Balaban J connectivity index is 0.00000162. The first-order valence-corrected chi connectivity index (χ1v) is 6.03. The third-order valence-electron chi connectivity index (χ3n) is 3.33. The van der Waals surface area contributed by atoms with Crippen molar-refractivity contribution in [1.29, 1.82) is 0 Å². The number of nitrogens with zero attached hydrogens (tertiary/aromatic N) is 1. The molecule has 0 saturated carbocycles. The van der Waals surface area contributed by atoms with Crippen LogP contribution in [-0.4, -0.2) is 36.2 Å². The van der Waals surface area contributed by atoms with Crippen LogP contribution < -0.4 is 0 Å². The molecule has 1 atom stereocenters. The number of aliphatic hydroxyl groups excluding tert-OH is 1. The fraction of sp³-hybridized carbons (Fsp3) is 0.429. The van der Waals surface area contributed by atoms with E-state index in [0.29, 0.717) is 0 Å². The predicted octanol–water partition coefficient (Wildman–Crippen LogP) is 2.57. The molecule has 1 aliphatic rings. The minimum absolute atomic E-state index is 0. The number of aliphatic hydroxyl groups is 1. The summed E-state index contributed by atoms with van der Waals surface area (Å²) < 4.78 is 12.9. The van der Waals surface area contributed by atoms with Crippen LogP contribution in [0.2, 0.25) is 0 Å². The zero-order chi connectivity index (χ0) is 12.3. The van der Waals surface area contributed by atoms with Crippen LogP contribution in [0.4, 0.5) is 4.39 Å². The number of hydrogen-bond donors (Lipinski definition) is 1. The molecule has 1 aliphatic heterocycles. The molecule has 2 rings (SSSR count). The summed E-state index contributed by atoms with van der Waals surface area (Å²) >= 11 is 0. The zero-order valence-corrected chi connectivity index (χ0v) is 11.3. The van der Waals surface area contributed by atoms with Crippen molar-refractivity contribution in [1.82, 2.24) is 4.90 Å². The topological polar surface area (TPSA) is 23.5 Å². The number of rotatable bonds is 3. The van der Waals surface area contributed by atoms with Crippen LogP contribution in [0.15, 0.2) is 30.3 Å². The smallest absolute Gasteiger partial charge is 0.123 e. The Morgan fingerprint density at radius 3 is 2.56 bits per heavy atom. The molecular formula is C14H19ClFNO. The molecule has 1 unspecified atom stereocenters. The highest BCUT2D eigenvalue weighted by Gasteiger charge is 2.22. The summed E-state index contributed by atoms with van der Waals surface area (Å²) in [4.78, 5) is 2.29. The molecule has 0 aromatic heterocycles. The maximum absolute atomic E-state index is 12.9. The highest BCUT2D eigenvalue weighted by molar-refractivity contribution is 5.85. The van der Waals surface area contributed by atoms with Crippen LogP contribution in [0.5, 0.6) is 0 Å². The van der Waals surface area contributed by atoms with E-state index in [1.165, 1.54) is 12.1 Å². The molecule has 0 spiro atoms. The van der Waals surface area contributed by atoms with E-state index in [1.54, 1.807) is 12.1 Å². The average molecular weight is 272 g/mol. The van der Waals surface area contributed by atoms with Gasteiger partial charge in [-0.05, 0) is 29.8 Å². The second-order valence-corrected chi connectivity index (χ2v) is 4.40. The van der Waals surface area contributed by atoms with Gasteiger partial charge < -0.3 is 5.11 Å². The number of likely N-dealkylation sites (N-methyl/N-ethyl adjacent to an activating group) is 1. The van der Waals surface area contributed by atoms with Crippen molar-refractivity contribution in [3.8, 4) is 0 Å². The van der Waals surface area contributed by atoms with Gasteiger partial charge in [-0.2, -0.15) is 0 Å². The summed E-state index contributed by atoms with van der Waals surface area (Å²) in [6.07, 6.45) is 2.14. The fourth-order valence-corrected chi connectivity index (χ4v) is 2.29. The lowest BCUT2D eigenvalue weighted by Gasteiger charge is -2.31. The van der Waals surface area contributed by atoms with Gasteiger partial charge in [0.15, 0.2) is 0 Å². The van der Waals surface area contributed by atoms with Crippen LogP contribution in [0.1, 0.15) is 12.5 Å². The summed E-state index contributed by atoms with van der Waals surface area (Å²) in [6, 6.07) is 6.50. The predicted molar refractivity (Wildman–Crippen MR) is 74.3 cm³/mol. The molecule has 1 heterocycles. The Hall–Kier alpha value is -0.900. The van der Waals surface area contributed by atoms with Crippen LogP contribution in [0, 0.1) is 11.7 Å². The maximum atomic E-state index is 12.9. The molecular weight excluding hydrogens is 253 g/mol. The average Bonchev–Trinajstić information content (AvgIpc) is 2.39. The first kappa shape index (κ1) is 15.2. The molecule has 0 bridgehead atoms. The van der Waals surface area contributed by atoms with E-state index in [0.717, 1.165) is 30.8 Å². The molecule has 0 fully saturated rings. The Labute approximate surface area is 114 Å². The van der Waals surface area contributed by atoms with Crippen LogP contribution in [0.3, 0.4) is 0 Å². The van der Waals surface area contributed by atoms with Gasteiger partial charge in [0.2, 0.25) is 0 Å². The van der Waals surface area contributed by atoms with E-state index in [4.69, 9.17) is 0 Å². The Bertz CT molecular complexity index is 405. The Morgan fingerprint density at radius 1 is 1.33 bits per heavy atom. The minimum Gasteiger partial charge on any atom is -0.396 e. The molecule has 0 amide bonds. The summed E-state index contributed by atoms with van der Waals surface area (Å²) in [5.74, 6) is -0.0879. The van der Waals surface area contributed by atoms with E-state index in [-0.39, 0.29) is 30.7 Å². The molecule has 4 heteroatoms. The molecule has 0 radical (unpaired) electrons. The van der Waals surface area contributed by atoms with E-state index < -0.39 is 0 Å². The van der Waals surface area contributed by atoms with Crippen molar-refractivity contribution < 1.29 is 9.50 Å². The second kappa shape index (κ2) is 6.88. The van der Waals surface area contributed by atoms with Gasteiger partial charge in [-0.15, -0.1) is 12.4 Å². The molecule has 0 saturated heterocycles. The lowest BCUT2D eigenvalue weighted by Crippen LogP contribution is -2.35. The normalized spacial score (nSPS) is 20.2. The van der Waals surface area contributed by atoms with Gasteiger partial charge in [-0.3, -0.25) is 4.90 Å². The first-order chi connectivity index (χ1) is 8.24. The second-order valence-electron chi connectivity index (χ2n) is 4.40. The molecule has 100 valence electrons. The van der Waals surface area contributed by atoms with Gasteiger partial charge in [0.05, 0.1) is 6.61 Å². The summed E-state index contributed by atoms with van der Waals surface area (Å²) in [5, 5.41) is 9.45. The van der Waals surface area contributed by atoms with Crippen LogP contribution in [-0.2, 0) is 0 Å². The summed E-state index contributed by atoms with van der Waals surface area (Å²) in [5.41, 5.74) is 2.15. The number of benzene rings is 1. The fourth-order valence-electron chi connectivity index (χ4n) is 2.29.